The third-order valence-corrected chi connectivity index (χ3v) is 8.51. The maximum absolute atomic E-state index is 12.6. The number of hydrogen-bond donors (Lipinski definition) is 2. The van der Waals surface area contributed by atoms with Crippen molar-refractivity contribution in [2.45, 2.75) is 50.7 Å². The summed E-state index contributed by atoms with van der Waals surface area (Å²) < 4.78 is 41.1. The maximum atomic E-state index is 12.6. The Balaban J connectivity index is 1.71. The molecule has 2 N–H and O–H groups in total. The molecule has 3 aromatic rings. The van der Waals surface area contributed by atoms with Gasteiger partial charge in [-0.25, -0.2) is 0 Å². The van der Waals surface area contributed by atoms with Crippen LogP contribution in [0.4, 0.5) is 0 Å². The van der Waals surface area contributed by atoms with Gasteiger partial charge in [0.2, 0.25) is 0 Å². The molecule has 1 aliphatic rings. The standard InChI is InChI=1S/C29H35NO6S/c1-5-35-29(31)17-26(22-9-8-10-25(16-22)34-4)23-14-13-20(2)24(15-23)19-30-18-21(3)36-27-11-6-7-12-28(27)37(30,32)33/h6-16,21,26,32-33H,5,17-19H2,1-4H3/t21-,26?/m1/s1. The number of carbonyl (C=O) groups is 1. The number of hydrogen-bond acceptors (Lipinski definition) is 7. The highest BCUT2D eigenvalue weighted by Crippen LogP contribution is 2.57. The van der Waals surface area contributed by atoms with Crippen molar-refractivity contribution in [2.75, 3.05) is 20.3 Å². The Labute approximate surface area is 220 Å². The number of rotatable bonds is 8. The number of esters is 1. The molecule has 2 atom stereocenters. The van der Waals surface area contributed by atoms with Gasteiger partial charge in [-0.2, -0.15) is 4.31 Å². The van der Waals surface area contributed by atoms with E-state index >= 15 is 0 Å². The number of para-hydroxylation sites is 1. The van der Waals surface area contributed by atoms with Gasteiger partial charge >= 0.3 is 5.97 Å². The van der Waals surface area contributed by atoms with Gasteiger partial charge in [-0.1, -0.05) is 42.5 Å². The van der Waals surface area contributed by atoms with Crippen LogP contribution < -0.4 is 9.47 Å². The van der Waals surface area contributed by atoms with Gasteiger partial charge in [0.25, 0.3) is 0 Å². The lowest BCUT2D eigenvalue weighted by atomic mass is 9.86. The fourth-order valence-electron chi connectivity index (χ4n) is 4.65. The summed E-state index contributed by atoms with van der Waals surface area (Å²) in [6, 6.07) is 20.9. The van der Waals surface area contributed by atoms with Crippen molar-refractivity contribution in [3.05, 3.63) is 89.0 Å². The lowest BCUT2D eigenvalue weighted by Gasteiger charge is -2.42. The van der Waals surface area contributed by atoms with Crippen LogP contribution in [0.2, 0.25) is 0 Å². The van der Waals surface area contributed by atoms with Crippen molar-refractivity contribution >= 4 is 16.7 Å². The Morgan fingerprint density at radius 1 is 1.11 bits per heavy atom. The smallest absolute Gasteiger partial charge is 0.306 e. The first-order chi connectivity index (χ1) is 17.7. The van der Waals surface area contributed by atoms with E-state index in [0.29, 0.717) is 36.1 Å². The zero-order valence-electron chi connectivity index (χ0n) is 21.7. The molecule has 0 saturated carbocycles. The van der Waals surface area contributed by atoms with Crippen molar-refractivity contribution in [2.24, 2.45) is 0 Å². The van der Waals surface area contributed by atoms with E-state index in [9.17, 15) is 13.9 Å². The summed E-state index contributed by atoms with van der Waals surface area (Å²) in [6.45, 7) is 6.70. The van der Waals surface area contributed by atoms with Crippen molar-refractivity contribution in [1.82, 2.24) is 4.31 Å². The first-order valence-electron chi connectivity index (χ1n) is 12.4. The highest BCUT2D eigenvalue weighted by Gasteiger charge is 2.34. The van der Waals surface area contributed by atoms with E-state index in [1.54, 1.807) is 36.5 Å². The average Bonchev–Trinajstić information content (AvgIpc) is 2.97. The number of nitrogens with zero attached hydrogens (tertiary/aromatic N) is 1. The van der Waals surface area contributed by atoms with Gasteiger partial charge in [0.1, 0.15) is 22.5 Å². The van der Waals surface area contributed by atoms with Gasteiger partial charge in [-0.15, -0.1) is 10.8 Å². The largest absolute Gasteiger partial charge is 0.497 e. The number of aryl methyl sites for hydroxylation is 1. The summed E-state index contributed by atoms with van der Waals surface area (Å²) in [6.07, 6.45) is -0.0487. The molecule has 0 saturated heterocycles. The van der Waals surface area contributed by atoms with Gasteiger partial charge in [-0.05, 0) is 67.3 Å². The average molecular weight is 526 g/mol. The number of methoxy groups -OCH3 is 1. The molecule has 0 spiro atoms. The van der Waals surface area contributed by atoms with Gasteiger partial charge in [-0.3, -0.25) is 13.9 Å². The Hall–Kier alpha value is -3.04. The molecular weight excluding hydrogens is 490 g/mol. The van der Waals surface area contributed by atoms with E-state index in [1.807, 2.05) is 56.3 Å². The summed E-state index contributed by atoms with van der Waals surface area (Å²) in [5.74, 6) is 0.683. The van der Waals surface area contributed by atoms with Crippen LogP contribution in [0.15, 0.2) is 71.6 Å². The highest BCUT2D eigenvalue weighted by atomic mass is 32.3. The lowest BCUT2D eigenvalue weighted by molar-refractivity contribution is -0.143. The molecule has 1 heterocycles. The maximum Gasteiger partial charge on any atom is 0.306 e. The van der Waals surface area contributed by atoms with Crippen molar-refractivity contribution < 1.29 is 28.1 Å². The van der Waals surface area contributed by atoms with Gasteiger partial charge in [0.05, 0.1) is 26.7 Å². The molecule has 37 heavy (non-hydrogen) atoms. The molecule has 0 radical (unpaired) electrons. The van der Waals surface area contributed by atoms with E-state index in [4.69, 9.17) is 14.2 Å². The minimum Gasteiger partial charge on any atom is -0.497 e. The third-order valence-electron chi connectivity index (χ3n) is 6.59. The molecule has 8 heteroatoms. The fourth-order valence-corrected chi connectivity index (χ4v) is 6.32. The number of carbonyl (C=O) groups excluding carboxylic acids is 1. The first kappa shape index (κ1) is 27.0. The van der Waals surface area contributed by atoms with Crippen LogP contribution >= 0.6 is 10.8 Å². The summed E-state index contributed by atoms with van der Waals surface area (Å²) in [4.78, 5) is 13.0. The van der Waals surface area contributed by atoms with E-state index in [1.165, 1.54) is 0 Å². The second-order valence-electron chi connectivity index (χ2n) is 9.24. The van der Waals surface area contributed by atoms with Crippen molar-refractivity contribution in [1.29, 1.82) is 0 Å². The Morgan fingerprint density at radius 3 is 2.62 bits per heavy atom. The van der Waals surface area contributed by atoms with E-state index < -0.39 is 10.8 Å². The minimum absolute atomic E-state index is 0.181. The third kappa shape index (κ3) is 6.10. The highest BCUT2D eigenvalue weighted by molar-refractivity contribution is 8.22. The predicted molar refractivity (Wildman–Crippen MR) is 145 cm³/mol. The molecule has 4 rings (SSSR count). The quantitative estimate of drug-likeness (QED) is 0.329. The molecule has 0 aliphatic carbocycles. The lowest BCUT2D eigenvalue weighted by Crippen LogP contribution is -2.33. The second kappa shape index (κ2) is 11.6. The van der Waals surface area contributed by atoms with Crippen LogP contribution in [0.25, 0.3) is 0 Å². The van der Waals surface area contributed by atoms with Crippen LogP contribution in [0.3, 0.4) is 0 Å². The van der Waals surface area contributed by atoms with Crippen molar-refractivity contribution in [3.8, 4) is 11.5 Å². The molecule has 3 aromatic carbocycles. The van der Waals surface area contributed by atoms with Crippen LogP contribution in [0, 0.1) is 6.92 Å². The molecule has 0 bridgehead atoms. The van der Waals surface area contributed by atoms with Crippen LogP contribution in [0.5, 0.6) is 11.5 Å². The number of ether oxygens (including phenoxy) is 3. The fraction of sp³-hybridized carbons (Fsp3) is 0.345. The van der Waals surface area contributed by atoms with E-state index in [2.05, 4.69) is 6.07 Å². The monoisotopic (exact) mass is 525 g/mol. The predicted octanol–water partition coefficient (Wildman–Crippen LogP) is 6.40. The molecule has 0 fully saturated rings. The zero-order valence-corrected chi connectivity index (χ0v) is 22.5. The molecular formula is C29H35NO6S. The first-order valence-corrected chi connectivity index (χ1v) is 13.9. The topological polar surface area (TPSA) is 88.5 Å². The summed E-state index contributed by atoms with van der Waals surface area (Å²) >= 11 is 0. The van der Waals surface area contributed by atoms with Crippen LogP contribution in [-0.2, 0) is 16.1 Å². The molecule has 198 valence electrons. The number of benzene rings is 3. The Kier molecular flexibility index (Phi) is 8.44. The second-order valence-corrected chi connectivity index (χ2v) is 11.2. The van der Waals surface area contributed by atoms with Gasteiger partial charge in [0.15, 0.2) is 0 Å². The normalized spacial score (nSPS) is 18.6. The SMILES string of the molecule is CCOC(=O)CC(c1cccc(OC)c1)c1ccc(C)c(CN2C[C@@H](C)Oc3ccccc3S2(O)O)c1. The summed E-state index contributed by atoms with van der Waals surface area (Å²) in [5, 5.41) is 0. The minimum atomic E-state index is -3.27. The molecule has 7 nitrogen and oxygen atoms in total. The zero-order chi connectivity index (χ0) is 26.6. The summed E-state index contributed by atoms with van der Waals surface area (Å²) in [7, 11) is -1.65. The van der Waals surface area contributed by atoms with Gasteiger partial charge in [0, 0.05) is 12.5 Å². The van der Waals surface area contributed by atoms with Crippen molar-refractivity contribution in [3.63, 3.8) is 0 Å². The number of fused-ring (bicyclic) bond motifs is 1. The molecule has 0 aromatic heterocycles. The van der Waals surface area contributed by atoms with E-state index in [-0.39, 0.29) is 24.4 Å². The molecule has 1 unspecified atom stereocenters. The molecule has 1 aliphatic heterocycles. The Morgan fingerprint density at radius 2 is 1.86 bits per heavy atom. The summed E-state index contributed by atoms with van der Waals surface area (Å²) in [5.41, 5.74) is 3.85. The van der Waals surface area contributed by atoms with E-state index in [0.717, 1.165) is 22.3 Å². The van der Waals surface area contributed by atoms with Gasteiger partial charge < -0.3 is 14.2 Å². The Bertz CT molecular complexity index is 1250. The van der Waals surface area contributed by atoms with Crippen LogP contribution in [-0.4, -0.2) is 45.7 Å². The van der Waals surface area contributed by atoms with Crippen LogP contribution in [0.1, 0.15) is 48.4 Å². The molecule has 0 amide bonds.